The predicted octanol–water partition coefficient (Wildman–Crippen LogP) is 4.17. The summed E-state index contributed by atoms with van der Waals surface area (Å²) < 4.78 is 0. The first-order chi connectivity index (χ1) is 15.9. The third-order valence-electron chi connectivity index (χ3n) is 6.61. The van der Waals surface area contributed by atoms with Crippen LogP contribution in [0, 0.1) is 12.8 Å². The molecule has 1 fully saturated rings. The van der Waals surface area contributed by atoms with Crippen LogP contribution in [0.25, 0.3) is 0 Å². The zero-order valence-electron chi connectivity index (χ0n) is 19.7. The number of nitrogens with one attached hydrogen (secondary N) is 1. The highest BCUT2D eigenvalue weighted by atomic mass is 16.3. The maximum Gasteiger partial charge on any atom is 0.278 e. The van der Waals surface area contributed by atoms with Gasteiger partial charge in [-0.2, -0.15) is 4.99 Å². The molecule has 2 aromatic rings. The van der Waals surface area contributed by atoms with Gasteiger partial charge in [-0.15, -0.1) is 0 Å². The van der Waals surface area contributed by atoms with E-state index in [2.05, 4.69) is 15.2 Å². The summed E-state index contributed by atoms with van der Waals surface area (Å²) in [7, 11) is 0. The van der Waals surface area contributed by atoms with Crippen LogP contribution in [0.4, 0.5) is 5.69 Å². The zero-order valence-corrected chi connectivity index (χ0v) is 19.7. The lowest BCUT2D eigenvalue weighted by Gasteiger charge is -2.36. The van der Waals surface area contributed by atoms with E-state index in [0.717, 1.165) is 53.9 Å². The van der Waals surface area contributed by atoms with E-state index in [0.29, 0.717) is 12.0 Å². The number of benzene rings is 2. The van der Waals surface area contributed by atoms with E-state index in [9.17, 15) is 14.7 Å². The Hall–Kier alpha value is -2.99. The Labute approximate surface area is 195 Å². The Morgan fingerprint density at radius 3 is 2.42 bits per heavy atom. The number of amidine groups is 1. The molecule has 2 aliphatic rings. The van der Waals surface area contributed by atoms with Gasteiger partial charge in [-0.05, 0) is 75.8 Å². The number of aliphatic hydroxyl groups excluding tert-OH is 1. The highest BCUT2D eigenvalue weighted by molar-refractivity contribution is 6.12. The van der Waals surface area contributed by atoms with Crippen molar-refractivity contribution >= 4 is 23.3 Å². The highest BCUT2D eigenvalue weighted by Gasteiger charge is 2.36. The maximum atomic E-state index is 13.0. The molecule has 1 saturated carbocycles. The molecule has 1 aliphatic heterocycles. The van der Waals surface area contributed by atoms with E-state index >= 15 is 0 Å². The van der Waals surface area contributed by atoms with E-state index < -0.39 is 0 Å². The van der Waals surface area contributed by atoms with E-state index in [1.807, 2.05) is 63.2 Å². The van der Waals surface area contributed by atoms with Gasteiger partial charge in [0.15, 0.2) is 0 Å². The highest BCUT2D eigenvalue weighted by Crippen LogP contribution is 2.38. The number of fused-ring (bicyclic) bond motifs is 1. The van der Waals surface area contributed by atoms with Gasteiger partial charge in [0.2, 0.25) is 5.91 Å². The number of hydrogen-bond acceptors (Lipinski definition) is 3. The second-order valence-corrected chi connectivity index (χ2v) is 9.54. The average molecular weight is 448 g/mol. The maximum absolute atomic E-state index is 13.0. The van der Waals surface area contributed by atoms with Gasteiger partial charge < -0.3 is 15.3 Å². The van der Waals surface area contributed by atoms with Gasteiger partial charge in [-0.25, -0.2) is 0 Å². The van der Waals surface area contributed by atoms with Crippen molar-refractivity contribution in [3.8, 4) is 0 Å². The second-order valence-electron chi connectivity index (χ2n) is 9.54. The van der Waals surface area contributed by atoms with Crippen LogP contribution in [-0.2, 0) is 17.8 Å². The molecule has 0 radical (unpaired) electrons. The number of aryl methyl sites for hydroxylation is 1. The number of carbonyl (C=O) groups is 2. The fourth-order valence-electron chi connectivity index (χ4n) is 4.85. The molecule has 0 aromatic heterocycles. The van der Waals surface area contributed by atoms with Crippen LogP contribution in [0.3, 0.4) is 0 Å². The standard InChI is InChI=1S/C27H33N3O3/c1-17(2)28-26(32)21-10-12-23(13-11-21)30-24-14-19(16-31)6-9-22(24)15-25(30)29-27(33)20-7-4-18(3)5-8-20/h4-9,14,17,21,23,31H,10-13,15-16H2,1-3H3,(H,28,32). The number of carbonyl (C=O) groups excluding carboxylic acids is 2. The number of rotatable bonds is 5. The van der Waals surface area contributed by atoms with Gasteiger partial charge in [0.1, 0.15) is 5.84 Å². The quantitative estimate of drug-likeness (QED) is 0.721. The average Bonchev–Trinajstić information content (AvgIpc) is 3.15. The van der Waals surface area contributed by atoms with Crippen LogP contribution in [0.5, 0.6) is 0 Å². The zero-order chi connectivity index (χ0) is 23.5. The van der Waals surface area contributed by atoms with Crippen LogP contribution in [-0.4, -0.2) is 34.8 Å². The Morgan fingerprint density at radius 1 is 1.09 bits per heavy atom. The van der Waals surface area contributed by atoms with Gasteiger partial charge in [0, 0.05) is 35.7 Å². The molecule has 2 N–H and O–H groups in total. The molecule has 2 aromatic carbocycles. The van der Waals surface area contributed by atoms with Gasteiger partial charge >= 0.3 is 0 Å². The topological polar surface area (TPSA) is 82.0 Å². The smallest absolute Gasteiger partial charge is 0.278 e. The van der Waals surface area contributed by atoms with Crippen LogP contribution in [0.1, 0.15) is 66.6 Å². The molecule has 33 heavy (non-hydrogen) atoms. The summed E-state index contributed by atoms with van der Waals surface area (Å²) in [6, 6.07) is 13.7. The third kappa shape index (κ3) is 5.17. The SMILES string of the molecule is Cc1ccc(C(=O)N=C2Cc3ccc(CO)cc3N2C2CCC(C(=O)NC(C)C)CC2)cc1. The summed E-state index contributed by atoms with van der Waals surface area (Å²) >= 11 is 0. The fourth-order valence-corrected chi connectivity index (χ4v) is 4.85. The molecule has 0 unspecified atom stereocenters. The van der Waals surface area contributed by atoms with E-state index in [4.69, 9.17) is 0 Å². The first-order valence-corrected chi connectivity index (χ1v) is 11.9. The molecule has 2 amide bonds. The van der Waals surface area contributed by atoms with Crippen molar-refractivity contribution in [2.75, 3.05) is 4.90 Å². The Morgan fingerprint density at radius 2 is 1.79 bits per heavy atom. The van der Waals surface area contributed by atoms with Gasteiger partial charge in [-0.1, -0.05) is 29.8 Å². The lowest BCUT2D eigenvalue weighted by molar-refractivity contribution is -0.126. The van der Waals surface area contributed by atoms with Crippen molar-refractivity contribution in [1.29, 1.82) is 0 Å². The molecule has 0 atom stereocenters. The summed E-state index contributed by atoms with van der Waals surface area (Å²) in [5, 5.41) is 12.7. The number of aliphatic imine (C=N–C) groups is 1. The normalized spacial score (nSPS) is 21.4. The summed E-state index contributed by atoms with van der Waals surface area (Å²) in [5.74, 6) is 0.677. The first kappa shape index (κ1) is 23.2. The van der Waals surface area contributed by atoms with Crippen molar-refractivity contribution in [3.05, 3.63) is 64.7 Å². The lowest BCUT2D eigenvalue weighted by atomic mass is 9.84. The summed E-state index contributed by atoms with van der Waals surface area (Å²) in [6.45, 7) is 5.93. The summed E-state index contributed by atoms with van der Waals surface area (Å²) in [4.78, 5) is 32.2. The molecule has 4 rings (SSSR count). The van der Waals surface area contributed by atoms with Gasteiger partial charge in [0.05, 0.1) is 6.61 Å². The molecule has 0 bridgehead atoms. The second kappa shape index (κ2) is 9.87. The summed E-state index contributed by atoms with van der Waals surface area (Å²) in [5.41, 5.74) is 4.65. The van der Waals surface area contributed by atoms with Crippen molar-refractivity contribution in [3.63, 3.8) is 0 Å². The molecular formula is C27H33N3O3. The van der Waals surface area contributed by atoms with E-state index in [1.165, 1.54) is 0 Å². The van der Waals surface area contributed by atoms with Crippen molar-refractivity contribution in [2.45, 2.75) is 71.6 Å². The van der Waals surface area contributed by atoms with E-state index in [-0.39, 0.29) is 36.4 Å². The fraction of sp³-hybridized carbons (Fsp3) is 0.444. The summed E-state index contributed by atoms with van der Waals surface area (Å²) in [6.07, 6.45) is 3.93. The van der Waals surface area contributed by atoms with E-state index in [1.54, 1.807) is 0 Å². The van der Waals surface area contributed by atoms with Crippen molar-refractivity contribution in [1.82, 2.24) is 5.32 Å². The number of aliphatic hydroxyl groups is 1. The molecule has 1 aliphatic carbocycles. The Kier molecular flexibility index (Phi) is 6.94. The van der Waals surface area contributed by atoms with Crippen molar-refractivity contribution < 1.29 is 14.7 Å². The minimum absolute atomic E-state index is 0.0298. The molecule has 1 heterocycles. The van der Waals surface area contributed by atoms with Crippen LogP contribution in [0.2, 0.25) is 0 Å². The molecule has 0 spiro atoms. The molecule has 0 saturated heterocycles. The van der Waals surface area contributed by atoms with Crippen LogP contribution < -0.4 is 10.2 Å². The molecular weight excluding hydrogens is 414 g/mol. The Balaban J connectivity index is 1.59. The number of anilines is 1. The lowest BCUT2D eigenvalue weighted by Crippen LogP contribution is -2.44. The van der Waals surface area contributed by atoms with Crippen molar-refractivity contribution in [2.24, 2.45) is 10.9 Å². The number of hydrogen-bond donors (Lipinski definition) is 2. The number of amides is 2. The largest absolute Gasteiger partial charge is 0.392 e. The van der Waals surface area contributed by atoms with Gasteiger partial charge in [0.25, 0.3) is 5.91 Å². The van der Waals surface area contributed by atoms with Crippen LogP contribution >= 0.6 is 0 Å². The monoisotopic (exact) mass is 447 g/mol. The third-order valence-corrected chi connectivity index (χ3v) is 6.61. The molecule has 6 nitrogen and oxygen atoms in total. The Bertz CT molecular complexity index is 1050. The van der Waals surface area contributed by atoms with Crippen LogP contribution in [0.15, 0.2) is 47.5 Å². The molecule has 174 valence electrons. The number of nitrogens with zero attached hydrogens (tertiary/aromatic N) is 2. The van der Waals surface area contributed by atoms with Gasteiger partial charge in [-0.3, -0.25) is 9.59 Å². The minimum atomic E-state index is -0.241. The minimum Gasteiger partial charge on any atom is -0.392 e. The predicted molar refractivity (Wildman–Crippen MR) is 131 cm³/mol. The first-order valence-electron chi connectivity index (χ1n) is 11.9. The molecule has 6 heteroatoms.